The van der Waals surface area contributed by atoms with E-state index in [2.05, 4.69) is 14.9 Å². The zero-order valence-electron chi connectivity index (χ0n) is 9.93. The quantitative estimate of drug-likeness (QED) is 0.735. The molecule has 6 nitrogen and oxygen atoms in total. The lowest BCUT2D eigenvalue weighted by molar-refractivity contribution is 0.471. The van der Waals surface area contributed by atoms with Gasteiger partial charge in [0.05, 0.1) is 11.9 Å². The van der Waals surface area contributed by atoms with Gasteiger partial charge in [-0.2, -0.15) is 5.10 Å². The largest absolute Gasteiger partial charge is 0.508 e. The summed E-state index contributed by atoms with van der Waals surface area (Å²) in [5.41, 5.74) is 1.46. The molecule has 7 heteroatoms. The summed E-state index contributed by atoms with van der Waals surface area (Å²) < 4.78 is 26.5. The van der Waals surface area contributed by atoms with E-state index in [1.807, 2.05) is 0 Å². The van der Waals surface area contributed by atoms with Crippen molar-refractivity contribution in [3.8, 4) is 5.75 Å². The monoisotopic (exact) mass is 267 g/mol. The van der Waals surface area contributed by atoms with Gasteiger partial charge in [-0.25, -0.2) is 8.42 Å². The maximum absolute atomic E-state index is 12.0. The third-order valence-electron chi connectivity index (χ3n) is 2.52. The minimum absolute atomic E-state index is 0.105. The lowest BCUT2D eigenvalue weighted by atomic mass is 10.2. The number of benzene rings is 1. The van der Waals surface area contributed by atoms with Crippen LogP contribution in [0.2, 0.25) is 0 Å². The number of aromatic nitrogens is 2. The molecule has 0 unspecified atom stereocenters. The van der Waals surface area contributed by atoms with Crippen molar-refractivity contribution in [2.45, 2.75) is 18.7 Å². The summed E-state index contributed by atoms with van der Waals surface area (Å²) in [5.74, 6) is 0.123. The molecule has 0 aliphatic carbocycles. The van der Waals surface area contributed by atoms with Gasteiger partial charge in [0.15, 0.2) is 0 Å². The first-order chi connectivity index (χ1) is 8.40. The van der Waals surface area contributed by atoms with Crippen LogP contribution in [0.25, 0.3) is 0 Å². The van der Waals surface area contributed by atoms with Gasteiger partial charge in [-0.15, -0.1) is 0 Å². The van der Waals surface area contributed by atoms with Crippen LogP contribution < -0.4 is 4.72 Å². The molecule has 0 spiro atoms. The molecule has 3 N–H and O–H groups in total. The maximum atomic E-state index is 12.0. The lowest BCUT2D eigenvalue weighted by Crippen LogP contribution is -2.13. The van der Waals surface area contributed by atoms with Crippen LogP contribution in [-0.4, -0.2) is 23.7 Å². The summed E-state index contributed by atoms with van der Waals surface area (Å²) in [6, 6.07) is 4.49. The molecule has 1 aromatic carbocycles. The third-order valence-corrected chi connectivity index (χ3v) is 4.02. The summed E-state index contributed by atoms with van der Waals surface area (Å²) in [6.45, 7) is 3.32. The number of H-pyrrole nitrogens is 1. The number of sulfonamides is 1. The average molecular weight is 267 g/mol. The number of phenols is 1. The van der Waals surface area contributed by atoms with Gasteiger partial charge in [-0.3, -0.25) is 9.82 Å². The van der Waals surface area contributed by atoms with Crippen LogP contribution in [0.3, 0.4) is 0 Å². The normalized spacial score (nSPS) is 11.4. The second kappa shape index (κ2) is 4.34. The predicted octanol–water partition coefficient (Wildman–Crippen LogP) is 1.53. The van der Waals surface area contributed by atoms with Crippen molar-refractivity contribution in [3.05, 3.63) is 35.7 Å². The van der Waals surface area contributed by atoms with Crippen molar-refractivity contribution in [1.29, 1.82) is 0 Å². The Labute approximate surface area is 105 Å². The molecular formula is C11H13N3O3S. The summed E-state index contributed by atoms with van der Waals surface area (Å²) in [5, 5.41) is 15.6. The fourth-order valence-electron chi connectivity index (χ4n) is 1.54. The van der Waals surface area contributed by atoms with Crippen LogP contribution in [0.15, 0.2) is 29.3 Å². The highest BCUT2D eigenvalue weighted by atomic mass is 32.2. The Morgan fingerprint density at radius 2 is 2.06 bits per heavy atom. The molecule has 0 saturated heterocycles. The molecule has 2 rings (SSSR count). The van der Waals surface area contributed by atoms with E-state index in [0.717, 1.165) is 0 Å². The van der Waals surface area contributed by atoms with Crippen molar-refractivity contribution >= 4 is 15.7 Å². The number of hydrogen-bond acceptors (Lipinski definition) is 4. The fourth-order valence-corrected chi connectivity index (χ4v) is 2.73. The summed E-state index contributed by atoms with van der Waals surface area (Å²) >= 11 is 0. The summed E-state index contributed by atoms with van der Waals surface area (Å²) in [4.78, 5) is 0.105. The number of aromatic amines is 1. The van der Waals surface area contributed by atoms with Crippen LogP contribution in [-0.2, 0) is 10.0 Å². The molecule has 0 aliphatic rings. The van der Waals surface area contributed by atoms with Gasteiger partial charge < -0.3 is 5.11 Å². The molecule has 0 bridgehead atoms. The van der Waals surface area contributed by atoms with Crippen molar-refractivity contribution in [1.82, 2.24) is 10.2 Å². The van der Waals surface area contributed by atoms with E-state index in [9.17, 15) is 13.5 Å². The van der Waals surface area contributed by atoms with Crippen molar-refractivity contribution < 1.29 is 13.5 Å². The number of nitrogens with zero attached hydrogens (tertiary/aromatic N) is 1. The second-order valence-corrected chi connectivity index (χ2v) is 5.62. The van der Waals surface area contributed by atoms with E-state index in [1.54, 1.807) is 19.9 Å². The number of rotatable bonds is 3. The van der Waals surface area contributed by atoms with Crippen molar-refractivity contribution in [2.75, 3.05) is 4.72 Å². The van der Waals surface area contributed by atoms with E-state index in [1.165, 1.54) is 18.3 Å². The Kier molecular flexibility index (Phi) is 3.00. The summed E-state index contributed by atoms with van der Waals surface area (Å²) in [7, 11) is -3.66. The van der Waals surface area contributed by atoms with Gasteiger partial charge in [0.1, 0.15) is 10.6 Å². The number of anilines is 1. The molecule has 1 heterocycles. The highest BCUT2D eigenvalue weighted by molar-refractivity contribution is 7.92. The van der Waals surface area contributed by atoms with Crippen LogP contribution in [0.4, 0.5) is 5.69 Å². The van der Waals surface area contributed by atoms with Crippen molar-refractivity contribution in [3.63, 3.8) is 0 Å². The molecule has 0 fully saturated rings. The maximum Gasteiger partial charge on any atom is 0.265 e. The van der Waals surface area contributed by atoms with Gasteiger partial charge in [0.2, 0.25) is 0 Å². The van der Waals surface area contributed by atoms with E-state index in [4.69, 9.17) is 0 Å². The predicted molar refractivity (Wildman–Crippen MR) is 67.0 cm³/mol. The van der Waals surface area contributed by atoms with Gasteiger partial charge >= 0.3 is 0 Å². The minimum atomic E-state index is -3.66. The van der Waals surface area contributed by atoms with Crippen molar-refractivity contribution in [2.24, 2.45) is 0 Å². The van der Waals surface area contributed by atoms with Crippen LogP contribution in [0.1, 0.15) is 11.3 Å². The molecule has 0 amide bonds. The van der Waals surface area contributed by atoms with Gasteiger partial charge in [0, 0.05) is 5.69 Å². The van der Waals surface area contributed by atoms with E-state index in [0.29, 0.717) is 16.9 Å². The topological polar surface area (TPSA) is 95.1 Å². The highest BCUT2D eigenvalue weighted by Crippen LogP contribution is 2.23. The Morgan fingerprint density at radius 3 is 2.61 bits per heavy atom. The first-order valence-corrected chi connectivity index (χ1v) is 6.71. The second-order valence-electron chi connectivity index (χ2n) is 3.97. The molecule has 2 aromatic rings. The molecule has 18 heavy (non-hydrogen) atoms. The third kappa shape index (κ3) is 2.30. The van der Waals surface area contributed by atoms with E-state index >= 15 is 0 Å². The van der Waals surface area contributed by atoms with E-state index in [-0.39, 0.29) is 10.6 Å². The first-order valence-electron chi connectivity index (χ1n) is 5.22. The smallest absolute Gasteiger partial charge is 0.265 e. The fraction of sp³-hybridized carbons (Fsp3) is 0.182. The van der Waals surface area contributed by atoms with Gasteiger partial charge in [-0.05, 0) is 37.6 Å². The zero-order valence-corrected chi connectivity index (χ0v) is 10.7. The lowest BCUT2D eigenvalue weighted by Gasteiger charge is -2.08. The zero-order chi connectivity index (χ0) is 13.3. The summed E-state index contributed by atoms with van der Waals surface area (Å²) in [6.07, 6.45) is 1.25. The first kappa shape index (κ1) is 12.4. The minimum Gasteiger partial charge on any atom is -0.508 e. The van der Waals surface area contributed by atoms with Crippen LogP contribution in [0, 0.1) is 13.8 Å². The number of aryl methyl sites for hydroxylation is 2. The number of aromatic hydroxyl groups is 1. The van der Waals surface area contributed by atoms with Gasteiger partial charge in [0.25, 0.3) is 10.0 Å². The van der Waals surface area contributed by atoms with Gasteiger partial charge in [-0.1, -0.05) is 0 Å². The Balaban J connectivity index is 2.34. The Bertz CT molecular complexity index is 677. The molecular weight excluding hydrogens is 254 g/mol. The Hall–Kier alpha value is -2.02. The number of hydrogen-bond donors (Lipinski definition) is 3. The number of phenolic OH excluding ortho intramolecular Hbond substituents is 1. The average Bonchev–Trinajstić information content (AvgIpc) is 2.70. The number of nitrogens with one attached hydrogen (secondary N) is 2. The molecule has 0 atom stereocenters. The molecule has 0 saturated carbocycles. The molecule has 1 aromatic heterocycles. The molecule has 0 radical (unpaired) electrons. The standard InChI is InChI=1S/C11H13N3O3S/c1-7-5-9(3-4-10(7)15)14-18(16,17)11-6-12-13-8(11)2/h3-6,14-15H,1-2H3,(H,12,13). The van der Waals surface area contributed by atoms with Crippen LogP contribution >= 0.6 is 0 Å². The van der Waals surface area contributed by atoms with Crippen LogP contribution in [0.5, 0.6) is 5.75 Å². The Morgan fingerprint density at radius 1 is 1.33 bits per heavy atom. The van der Waals surface area contributed by atoms with E-state index < -0.39 is 10.0 Å². The molecule has 96 valence electrons. The SMILES string of the molecule is Cc1cc(NS(=O)(=O)c2cn[nH]c2C)ccc1O. The molecule has 0 aliphatic heterocycles. The highest BCUT2D eigenvalue weighted by Gasteiger charge is 2.18.